The second-order valence-corrected chi connectivity index (χ2v) is 2.97. The summed E-state index contributed by atoms with van der Waals surface area (Å²) in [7, 11) is 0. The minimum absolute atomic E-state index is 0.0220. The number of hydrogen-bond donors (Lipinski definition) is 1. The first kappa shape index (κ1) is 12.4. The molecule has 1 aromatic rings. The molecule has 6 heteroatoms. The van der Waals surface area contributed by atoms with Crippen molar-refractivity contribution in [1.29, 1.82) is 0 Å². The average Bonchev–Trinajstić information content (AvgIpc) is 2.14. The number of rotatable bonds is 3. The van der Waals surface area contributed by atoms with E-state index in [0.717, 1.165) is 12.1 Å². The smallest absolute Gasteiger partial charge is 0.507 e. The van der Waals surface area contributed by atoms with Crippen molar-refractivity contribution in [3.05, 3.63) is 23.8 Å². The van der Waals surface area contributed by atoms with Crippen LogP contribution in [0.2, 0.25) is 0 Å². The van der Waals surface area contributed by atoms with E-state index >= 15 is 0 Å². The van der Waals surface area contributed by atoms with Gasteiger partial charge in [-0.25, -0.2) is 0 Å². The number of benzene rings is 1. The third-order valence-electron chi connectivity index (χ3n) is 1.83. The Morgan fingerprint density at radius 2 is 2.06 bits per heavy atom. The van der Waals surface area contributed by atoms with Crippen LogP contribution < -0.4 is 4.74 Å². The number of alkyl halides is 3. The highest BCUT2D eigenvalue weighted by Crippen LogP contribution is 2.32. The van der Waals surface area contributed by atoms with E-state index in [2.05, 4.69) is 4.74 Å². The maximum atomic E-state index is 12.0. The highest BCUT2D eigenvalue weighted by atomic mass is 19.4. The number of phenolic OH excluding ortho intramolecular Hbond substituents is 1. The summed E-state index contributed by atoms with van der Waals surface area (Å²) in [5.74, 6) is -1.81. The Morgan fingerprint density at radius 3 is 2.56 bits per heavy atom. The molecule has 1 rings (SSSR count). The van der Waals surface area contributed by atoms with Gasteiger partial charge in [0, 0.05) is 6.42 Å². The quantitative estimate of drug-likeness (QED) is 0.818. The lowest BCUT2D eigenvalue weighted by atomic mass is 10.1. The van der Waals surface area contributed by atoms with Crippen molar-refractivity contribution in [3.8, 4) is 11.5 Å². The fourth-order valence-electron chi connectivity index (χ4n) is 1.19. The van der Waals surface area contributed by atoms with Crippen molar-refractivity contribution in [2.24, 2.45) is 0 Å². The minimum atomic E-state index is -4.89. The van der Waals surface area contributed by atoms with Crippen molar-refractivity contribution < 1.29 is 27.8 Å². The van der Waals surface area contributed by atoms with E-state index in [1.165, 1.54) is 13.0 Å². The van der Waals surface area contributed by atoms with E-state index in [1.54, 1.807) is 0 Å². The van der Waals surface area contributed by atoms with E-state index in [0.29, 0.717) is 0 Å². The molecule has 0 aliphatic carbocycles. The summed E-state index contributed by atoms with van der Waals surface area (Å²) in [4.78, 5) is 11.3. The molecule has 0 aliphatic rings. The Kier molecular flexibility index (Phi) is 3.41. The first-order chi connectivity index (χ1) is 7.35. The maximum absolute atomic E-state index is 12.0. The lowest BCUT2D eigenvalue weighted by Gasteiger charge is -2.12. The first-order valence-corrected chi connectivity index (χ1v) is 4.46. The van der Waals surface area contributed by atoms with E-state index in [9.17, 15) is 23.1 Å². The Bertz CT molecular complexity index is 399. The van der Waals surface area contributed by atoms with Crippen LogP contribution in [-0.2, 0) is 0 Å². The molecule has 0 radical (unpaired) electrons. The van der Waals surface area contributed by atoms with E-state index in [-0.39, 0.29) is 6.42 Å². The first-order valence-electron chi connectivity index (χ1n) is 4.46. The van der Waals surface area contributed by atoms with E-state index in [4.69, 9.17) is 0 Å². The number of ketones is 1. The summed E-state index contributed by atoms with van der Waals surface area (Å²) in [5, 5.41) is 9.32. The van der Waals surface area contributed by atoms with Gasteiger partial charge in [0.15, 0.2) is 5.78 Å². The number of phenols is 1. The molecule has 88 valence electrons. The molecule has 0 atom stereocenters. The van der Waals surface area contributed by atoms with Crippen LogP contribution in [0.15, 0.2) is 18.2 Å². The van der Waals surface area contributed by atoms with Gasteiger partial charge in [0.25, 0.3) is 0 Å². The zero-order valence-corrected chi connectivity index (χ0v) is 8.34. The van der Waals surface area contributed by atoms with Crippen LogP contribution in [0.25, 0.3) is 0 Å². The molecule has 0 bridgehead atoms. The molecule has 16 heavy (non-hydrogen) atoms. The molecule has 0 amide bonds. The summed E-state index contributed by atoms with van der Waals surface area (Å²) in [6.45, 7) is 1.48. The third kappa shape index (κ3) is 2.88. The summed E-state index contributed by atoms with van der Waals surface area (Å²) in [6, 6.07) is 3.28. The van der Waals surface area contributed by atoms with Gasteiger partial charge in [-0.3, -0.25) is 4.79 Å². The Labute approximate surface area is 89.5 Å². The second kappa shape index (κ2) is 4.42. The van der Waals surface area contributed by atoms with Crippen LogP contribution in [0.5, 0.6) is 11.5 Å². The molecule has 0 unspecified atom stereocenters. The standard InChI is InChI=1S/C10H9F3O3/c1-2-6(14)9-7(15)4-3-5-8(9)16-10(11,12)13/h3-5,15H,2H2,1H3. The van der Waals surface area contributed by atoms with E-state index in [1.807, 2.05) is 0 Å². The molecule has 0 saturated heterocycles. The van der Waals surface area contributed by atoms with Gasteiger partial charge in [-0.15, -0.1) is 13.2 Å². The molecule has 1 aromatic carbocycles. The molecule has 0 fully saturated rings. The molecular weight excluding hydrogens is 225 g/mol. The molecule has 0 heterocycles. The van der Waals surface area contributed by atoms with Crippen LogP contribution in [0, 0.1) is 0 Å². The highest BCUT2D eigenvalue weighted by molar-refractivity contribution is 6.01. The summed E-state index contributed by atoms with van der Waals surface area (Å²) >= 11 is 0. The zero-order chi connectivity index (χ0) is 12.3. The predicted molar refractivity (Wildman–Crippen MR) is 49.4 cm³/mol. The lowest BCUT2D eigenvalue weighted by Crippen LogP contribution is -2.19. The molecule has 0 aliphatic heterocycles. The number of aromatic hydroxyl groups is 1. The normalized spacial score (nSPS) is 11.2. The maximum Gasteiger partial charge on any atom is 0.573 e. The summed E-state index contributed by atoms with van der Waals surface area (Å²) in [5.41, 5.74) is -0.442. The van der Waals surface area contributed by atoms with Crippen molar-refractivity contribution in [3.63, 3.8) is 0 Å². The second-order valence-electron chi connectivity index (χ2n) is 2.97. The average molecular weight is 234 g/mol. The van der Waals surface area contributed by atoms with Crippen LogP contribution in [0.4, 0.5) is 13.2 Å². The van der Waals surface area contributed by atoms with Gasteiger partial charge in [0.1, 0.15) is 17.1 Å². The fourth-order valence-corrected chi connectivity index (χ4v) is 1.19. The number of halogens is 3. The molecule has 0 spiro atoms. The number of hydrogen-bond acceptors (Lipinski definition) is 3. The monoisotopic (exact) mass is 234 g/mol. The van der Waals surface area contributed by atoms with Gasteiger partial charge < -0.3 is 9.84 Å². The largest absolute Gasteiger partial charge is 0.573 e. The molecule has 0 saturated carbocycles. The molecule has 3 nitrogen and oxygen atoms in total. The van der Waals surface area contributed by atoms with Crippen molar-refractivity contribution in [1.82, 2.24) is 0 Å². The summed E-state index contributed by atoms with van der Waals surface area (Å²) < 4.78 is 39.7. The molecule has 1 N–H and O–H groups in total. The number of carbonyl (C=O) groups is 1. The Balaban J connectivity index is 3.18. The van der Waals surface area contributed by atoms with Gasteiger partial charge in [-0.1, -0.05) is 13.0 Å². The Morgan fingerprint density at radius 1 is 1.44 bits per heavy atom. The van der Waals surface area contributed by atoms with Crippen molar-refractivity contribution in [2.45, 2.75) is 19.7 Å². The van der Waals surface area contributed by atoms with Crippen LogP contribution in [-0.4, -0.2) is 17.3 Å². The van der Waals surface area contributed by atoms with Gasteiger partial charge in [0.05, 0.1) is 0 Å². The fraction of sp³-hybridized carbons (Fsp3) is 0.300. The topological polar surface area (TPSA) is 46.5 Å². The SMILES string of the molecule is CCC(=O)c1c(O)cccc1OC(F)(F)F. The lowest BCUT2D eigenvalue weighted by molar-refractivity contribution is -0.274. The summed E-state index contributed by atoms with van der Waals surface area (Å²) in [6.07, 6.45) is -4.91. The minimum Gasteiger partial charge on any atom is -0.507 e. The number of ether oxygens (including phenoxy) is 1. The zero-order valence-electron chi connectivity index (χ0n) is 8.34. The van der Waals surface area contributed by atoms with Gasteiger partial charge >= 0.3 is 6.36 Å². The predicted octanol–water partition coefficient (Wildman–Crippen LogP) is 2.88. The van der Waals surface area contributed by atoms with Crippen molar-refractivity contribution in [2.75, 3.05) is 0 Å². The van der Waals surface area contributed by atoms with Gasteiger partial charge in [-0.2, -0.15) is 0 Å². The number of Topliss-reactive ketones (excluding diaryl/α,β-unsaturated/α-hetero) is 1. The molecule has 0 aromatic heterocycles. The highest BCUT2D eigenvalue weighted by Gasteiger charge is 2.33. The number of carbonyl (C=O) groups excluding carboxylic acids is 1. The van der Waals surface area contributed by atoms with Gasteiger partial charge in [-0.05, 0) is 12.1 Å². The van der Waals surface area contributed by atoms with Gasteiger partial charge in [0.2, 0.25) is 0 Å². The van der Waals surface area contributed by atoms with Crippen LogP contribution in [0.3, 0.4) is 0 Å². The van der Waals surface area contributed by atoms with Crippen LogP contribution >= 0.6 is 0 Å². The Hall–Kier alpha value is -1.72. The molecular formula is C10H9F3O3. The van der Waals surface area contributed by atoms with Crippen molar-refractivity contribution >= 4 is 5.78 Å². The third-order valence-corrected chi connectivity index (χ3v) is 1.83. The van der Waals surface area contributed by atoms with E-state index < -0.39 is 29.2 Å². The van der Waals surface area contributed by atoms with Crippen LogP contribution in [0.1, 0.15) is 23.7 Å².